The maximum atomic E-state index is 12.5. The van der Waals surface area contributed by atoms with Gasteiger partial charge in [-0.3, -0.25) is 9.78 Å². The standard InChI is InChI=1S/C15H18N2O4S/c1-2-9-17(10-14(18)19)22(20,21)11-13-6-3-5-12-7-4-8-16-15(12)13/h3-8H,2,9-11H2,1H3,(H,18,19). The molecule has 0 bridgehead atoms. The monoisotopic (exact) mass is 322 g/mol. The molecule has 6 nitrogen and oxygen atoms in total. The summed E-state index contributed by atoms with van der Waals surface area (Å²) in [5, 5.41) is 9.75. The number of sulfonamides is 1. The van der Waals surface area contributed by atoms with E-state index in [1.807, 2.05) is 19.1 Å². The molecule has 2 rings (SSSR count). The Morgan fingerprint density at radius 2 is 2.00 bits per heavy atom. The van der Waals surface area contributed by atoms with Gasteiger partial charge < -0.3 is 5.11 Å². The molecule has 0 radical (unpaired) electrons. The largest absolute Gasteiger partial charge is 0.480 e. The van der Waals surface area contributed by atoms with Crippen LogP contribution in [0.25, 0.3) is 10.9 Å². The highest BCUT2D eigenvalue weighted by molar-refractivity contribution is 7.88. The molecular weight excluding hydrogens is 304 g/mol. The van der Waals surface area contributed by atoms with Crippen LogP contribution >= 0.6 is 0 Å². The first-order chi connectivity index (χ1) is 10.4. The van der Waals surface area contributed by atoms with Crippen LogP contribution in [0.15, 0.2) is 36.5 Å². The van der Waals surface area contributed by atoms with Crippen LogP contribution in [0, 0.1) is 0 Å². The molecule has 0 atom stereocenters. The number of carbonyl (C=O) groups is 1. The molecule has 0 aliphatic heterocycles. The van der Waals surface area contributed by atoms with Gasteiger partial charge in [-0.15, -0.1) is 0 Å². The zero-order valence-electron chi connectivity index (χ0n) is 12.3. The fraction of sp³-hybridized carbons (Fsp3) is 0.333. The second-order valence-corrected chi connectivity index (χ2v) is 6.94. The van der Waals surface area contributed by atoms with E-state index in [9.17, 15) is 13.2 Å². The Kier molecular flexibility index (Phi) is 5.10. The molecular formula is C15H18N2O4S. The summed E-state index contributed by atoms with van der Waals surface area (Å²) in [7, 11) is -3.71. The van der Waals surface area contributed by atoms with Gasteiger partial charge in [0.15, 0.2) is 0 Å². The van der Waals surface area contributed by atoms with Gasteiger partial charge in [0.2, 0.25) is 10.0 Å². The minimum absolute atomic E-state index is 0.187. The van der Waals surface area contributed by atoms with Gasteiger partial charge in [0.1, 0.15) is 6.54 Å². The molecule has 0 spiro atoms. The number of pyridine rings is 1. The summed E-state index contributed by atoms with van der Waals surface area (Å²) in [5.41, 5.74) is 1.20. The minimum atomic E-state index is -3.71. The number of aromatic nitrogens is 1. The highest BCUT2D eigenvalue weighted by Gasteiger charge is 2.24. The Morgan fingerprint density at radius 3 is 2.68 bits per heavy atom. The first-order valence-corrected chi connectivity index (χ1v) is 8.57. The summed E-state index contributed by atoms with van der Waals surface area (Å²) >= 11 is 0. The van der Waals surface area contributed by atoms with Crippen molar-refractivity contribution in [2.45, 2.75) is 19.1 Å². The van der Waals surface area contributed by atoms with Crippen molar-refractivity contribution in [3.63, 3.8) is 0 Å². The van der Waals surface area contributed by atoms with Crippen molar-refractivity contribution < 1.29 is 18.3 Å². The van der Waals surface area contributed by atoms with Gasteiger partial charge >= 0.3 is 5.97 Å². The molecule has 0 unspecified atom stereocenters. The third-order valence-corrected chi connectivity index (χ3v) is 5.01. The molecule has 0 aliphatic rings. The average molecular weight is 322 g/mol. The maximum absolute atomic E-state index is 12.5. The number of para-hydroxylation sites is 1. The summed E-state index contributed by atoms with van der Waals surface area (Å²) in [6.07, 6.45) is 2.17. The van der Waals surface area contributed by atoms with Gasteiger partial charge in [-0.05, 0) is 18.1 Å². The fourth-order valence-corrected chi connectivity index (χ4v) is 3.86. The van der Waals surface area contributed by atoms with Crippen molar-refractivity contribution in [2.75, 3.05) is 13.1 Å². The molecule has 1 heterocycles. The summed E-state index contributed by atoms with van der Waals surface area (Å²) < 4.78 is 26.0. The van der Waals surface area contributed by atoms with Gasteiger partial charge in [0, 0.05) is 18.1 Å². The number of rotatable bonds is 7. The molecule has 0 saturated carbocycles. The lowest BCUT2D eigenvalue weighted by Crippen LogP contribution is -2.37. The number of aliphatic carboxylic acids is 1. The second-order valence-electron chi connectivity index (χ2n) is 4.98. The molecule has 22 heavy (non-hydrogen) atoms. The molecule has 118 valence electrons. The lowest BCUT2D eigenvalue weighted by atomic mass is 10.1. The highest BCUT2D eigenvalue weighted by atomic mass is 32.2. The Balaban J connectivity index is 2.35. The van der Waals surface area contributed by atoms with Gasteiger partial charge in [-0.2, -0.15) is 4.31 Å². The predicted molar refractivity (Wildman–Crippen MR) is 83.9 cm³/mol. The number of carboxylic acid groups (broad SMARTS) is 1. The van der Waals surface area contributed by atoms with E-state index in [0.29, 0.717) is 17.5 Å². The van der Waals surface area contributed by atoms with Crippen molar-refractivity contribution >= 4 is 26.9 Å². The van der Waals surface area contributed by atoms with Gasteiger partial charge in [-0.25, -0.2) is 8.42 Å². The van der Waals surface area contributed by atoms with E-state index >= 15 is 0 Å². The van der Waals surface area contributed by atoms with Crippen LogP contribution in [0.2, 0.25) is 0 Å². The predicted octanol–water partition coefficient (Wildman–Crippen LogP) is 1.86. The second kappa shape index (κ2) is 6.85. The van der Waals surface area contributed by atoms with Gasteiger partial charge in [0.25, 0.3) is 0 Å². The molecule has 2 aromatic rings. The Morgan fingerprint density at radius 1 is 1.27 bits per heavy atom. The third-order valence-electron chi connectivity index (χ3n) is 3.23. The van der Waals surface area contributed by atoms with Crippen LogP contribution in [0.1, 0.15) is 18.9 Å². The normalized spacial score (nSPS) is 11.9. The summed E-state index contributed by atoms with van der Waals surface area (Å²) in [6, 6.07) is 8.99. The van der Waals surface area contributed by atoms with Crippen LogP contribution < -0.4 is 0 Å². The zero-order chi connectivity index (χ0) is 16.2. The van der Waals surface area contributed by atoms with Gasteiger partial charge in [-0.1, -0.05) is 31.2 Å². The summed E-state index contributed by atoms with van der Waals surface area (Å²) in [4.78, 5) is 15.1. The van der Waals surface area contributed by atoms with Gasteiger partial charge in [0.05, 0.1) is 11.3 Å². The fourth-order valence-electron chi connectivity index (χ4n) is 2.29. The van der Waals surface area contributed by atoms with E-state index < -0.39 is 22.5 Å². The van der Waals surface area contributed by atoms with E-state index in [2.05, 4.69) is 4.98 Å². The van der Waals surface area contributed by atoms with Crippen LogP contribution in [-0.4, -0.2) is 41.9 Å². The Hall–Kier alpha value is -1.99. The van der Waals surface area contributed by atoms with Crippen molar-refractivity contribution in [3.05, 3.63) is 42.1 Å². The quantitative estimate of drug-likeness (QED) is 0.840. The highest BCUT2D eigenvalue weighted by Crippen LogP contribution is 2.20. The molecule has 0 aliphatic carbocycles. The van der Waals surface area contributed by atoms with E-state index in [0.717, 1.165) is 9.69 Å². The van der Waals surface area contributed by atoms with Crippen LogP contribution in [0.4, 0.5) is 0 Å². The first-order valence-electron chi connectivity index (χ1n) is 6.96. The number of hydrogen-bond acceptors (Lipinski definition) is 4. The molecule has 0 fully saturated rings. The summed E-state index contributed by atoms with van der Waals surface area (Å²) in [5.74, 6) is -1.41. The lowest BCUT2D eigenvalue weighted by Gasteiger charge is -2.20. The topological polar surface area (TPSA) is 87.6 Å². The number of nitrogens with zero attached hydrogens (tertiary/aromatic N) is 2. The molecule has 1 N–H and O–H groups in total. The van der Waals surface area contributed by atoms with E-state index in [4.69, 9.17) is 5.11 Å². The molecule has 0 amide bonds. The first kappa shape index (κ1) is 16.4. The van der Waals surface area contributed by atoms with E-state index in [-0.39, 0.29) is 12.3 Å². The smallest absolute Gasteiger partial charge is 0.318 e. The van der Waals surface area contributed by atoms with Crippen LogP contribution in [-0.2, 0) is 20.6 Å². The number of carboxylic acids is 1. The lowest BCUT2D eigenvalue weighted by molar-refractivity contribution is -0.137. The average Bonchev–Trinajstić information content (AvgIpc) is 2.46. The van der Waals surface area contributed by atoms with Crippen molar-refractivity contribution in [1.82, 2.24) is 9.29 Å². The number of fused-ring (bicyclic) bond motifs is 1. The molecule has 1 aromatic heterocycles. The molecule has 1 aromatic carbocycles. The van der Waals surface area contributed by atoms with Crippen molar-refractivity contribution in [1.29, 1.82) is 0 Å². The number of benzene rings is 1. The third kappa shape index (κ3) is 3.80. The molecule has 7 heteroatoms. The van der Waals surface area contributed by atoms with E-state index in [1.165, 1.54) is 0 Å². The summed E-state index contributed by atoms with van der Waals surface area (Å²) in [6.45, 7) is 1.48. The number of hydrogen-bond donors (Lipinski definition) is 1. The van der Waals surface area contributed by atoms with Crippen LogP contribution in [0.3, 0.4) is 0 Å². The SMILES string of the molecule is CCCN(CC(=O)O)S(=O)(=O)Cc1cccc2cccnc12. The van der Waals surface area contributed by atoms with Crippen molar-refractivity contribution in [2.24, 2.45) is 0 Å². The Labute approximate surface area is 129 Å². The molecule has 0 saturated heterocycles. The minimum Gasteiger partial charge on any atom is -0.480 e. The van der Waals surface area contributed by atoms with E-state index in [1.54, 1.807) is 24.4 Å². The zero-order valence-corrected chi connectivity index (χ0v) is 13.1. The Bertz CT molecular complexity index is 769. The van der Waals surface area contributed by atoms with Crippen LogP contribution in [0.5, 0.6) is 0 Å². The maximum Gasteiger partial charge on any atom is 0.318 e. The van der Waals surface area contributed by atoms with Crippen molar-refractivity contribution in [3.8, 4) is 0 Å².